The topological polar surface area (TPSA) is 91.2 Å². The lowest BCUT2D eigenvalue weighted by atomic mass is 9.76. The van der Waals surface area contributed by atoms with Gasteiger partial charge in [0, 0.05) is 5.56 Å². The molecule has 0 bridgehead atoms. The Balaban J connectivity index is 1.86. The Morgan fingerprint density at radius 1 is 1.28 bits per heavy atom. The molecule has 0 amide bonds. The third-order valence-corrected chi connectivity index (χ3v) is 4.43. The van der Waals surface area contributed by atoms with Crippen LogP contribution in [-0.4, -0.2) is 37.0 Å². The molecule has 1 fully saturated rings. The largest absolute Gasteiger partial charge is 0.507 e. The summed E-state index contributed by atoms with van der Waals surface area (Å²) in [6.45, 7) is 3.33. The minimum absolute atomic E-state index is 0.118. The van der Waals surface area contributed by atoms with E-state index < -0.39 is 23.1 Å². The third-order valence-electron chi connectivity index (χ3n) is 4.43. The average Bonchev–Trinajstić information content (AvgIpc) is 2.51. The van der Waals surface area contributed by atoms with Crippen LogP contribution in [-0.2, 0) is 6.18 Å². The average molecular weight is 354 g/mol. The fraction of sp³-hybridized carbons (Fsp3) is 0.438. The highest BCUT2D eigenvalue weighted by Crippen LogP contribution is 2.37. The molecule has 0 radical (unpaired) electrons. The van der Waals surface area contributed by atoms with Crippen molar-refractivity contribution in [2.45, 2.75) is 44.5 Å². The van der Waals surface area contributed by atoms with Crippen molar-refractivity contribution >= 4 is 5.95 Å². The zero-order chi connectivity index (χ0) is 18.4. The van der Waals surface area contributed by atoms with Crippen LogP contribution in [0, 0.1) is 6.92 Å². The maximum atomic E-state index is 12.7. The molecule has 1 aromatic carbocycles. The number of aromatic nitrogens is 3. The van der Waals surface area contributed by atoms with E-state index >= 15 is 0 Å². The van der Waals surface area contributed by atoms with E-state index in [0.29, 0.717) is 18.2 Å². The Hall–Kier alpha value is -2.42. The van der Waals surface area contributed by atoms with E-state index in [9.17, 15) is 23.4 Å². The standard InChI is InChI=1S/C16H17F3N4O2/c1-8-13(10-4-3-9(7-11(10)24)16(17,18)19)22-23-14(20-8)21-12-5-6-15(12,2)25/h3-4,7,12,24-25H,5-6H2,1-2H3,(H,20,21,23)/t12-,15-/m0/s1. The molecule has 3 rings (SSSR count). The summed E-state index contributed by atoms with van der Waals surface area (Å²) >= 11 is 0. The molecule has 3 N–H and O–H groups in total. The first-order chi connectivity index (χ1) is 11.6. The van der Waals surface area contributed by atoms with Gasteiger partial charge in [0.05, 0.1) is 22.9 Å². The molecule has 1 aliphatic carbocycles. The monoisotopic (exact) mass is 354 g/mol. The van der Waals surface area contributed by atoms with Crippen LogP contribution in [0.25, 0.3) is 11.3 Å². The van der Waals surface area contributed by atoms with Gasteiger partial charge in [0.1, 0.15) is 11.4 Å². The summed E-state index contributed by atoms with van der Waals surface area (Å²) in [5.41, 5.74) is -1.07. The summed E-state index contributed by atoms with van der Waals surface area (Å²) in [6.07, 6.45) is -3.09. The van der Waals surface area contributed by atoms with Gasteiger partial charge in [-0.1, -0.05) is 0 Å². The van der Waals surface area contributed by atoms with Crippen molar-refractivity contribution < 1.29 is 23.4 Å². The Labute approximate surface area is 141 Å². The van der Waals surface area contributed by atoms with E-state index in [1.807, 2.05) is 0 Å². The van der Waals surface area contributed by atoms with Crippen molar-refractivity contribution in [1.82, 2.24) is 15.2 Å². The Morgan fingerprint density at radius 3 is 2.48 bits per heavy atom. The number of benzene rings is 1. The molecule has 25 heavy (non-hydrogen) atoms. The minimum Gasteiger partial charge on any atom is -0.507 e. The summed E-state index contributed by atoms with van der Waals surface area (Å²) in [6, 6.07) is 2.47. The van der Waals surface area contributed by atoms with Crippen molar-refractivity contribution in [3.8, 4) is 17.0 Å². The van der Waals surface area contributed by atoms with Gasteiger partial charge in [0.25, 0.3) is 0 Å². The van der Waals surface area contributed by atoms with E-state index in [1.165, 1.54) is 0 Å². The van der Waals surface area contributed by atoms with Gasteiger partial charge < -0.3 is 15.5 Å². The lowest BCUT2D eigenvalue weighted by Gasteiger charge is -2.42. The normalized spacial score (nSPS) is 23.2. The van der Waals surface area contributed by atoms with Gasteiger partial charge in [-0.05, 0) is 44.9 Å². The third kappa shape index (κ3) is 3.37. The number of hydrogen-bond donors (Lipinski definition) is 3. The predicted octanol–water partition coefficient (Wildman–Crippen LogP) is 2.90. The number of hydrogen-bond acceptors (Lipinski definition) is 6. The van der Waals surface area contributed by atoms with Gasteiger partial charge >= 0.3 is 6.18 Å². The molecule has 134 valence electrons. The van der Waals surface area contributed by atoms with Crippen molar-refractivity contribution in [3.05, 3.63) is 29.5 Å². The Bertz CT molecular complexity index is 808. The lowest BCUT2D eigenvalue weighted by Crippen LogP contribution is -2.53. The number of aryl methyl sites for hydroxylation is 1. The molecule has 1 heterocycles. The zero-order valence-corrected chi connectivity index (χ0v) is 13.6. The van der Waals surface area contributed by atoms with E-state index in [0.717, 1.165) is 18.6 Å². The van der Waals surface area contributed by atoms with Crippen molar-refractivity contribution in [3.63, 3.8) is 0 Å². The molecular weight excluding hydrogens is 337 g/mol. The predicted molar refractivity (Wildman–Crippen MR) is 83.9 cm³/mol. The van der Waals surface area contributed by atoms with Gasteiger partial charge in [-0.2, -0.15) is 13.2 Å². The maximum Gasteiger partial charge on any atom is 0.416 e. The molecule has 1 aromatic heterocycles. The van der Waals surface area contributed by atoms with Crippen LogP contribution in [0.4, 0.5) is 19.1 Å². The van der Waals surface area contributed by atoms with Gasteiger partial charge in [-0.15, -0.1) is 10.2 Å². The van der Waals surface area contributed by atoms with E-state index in [-0.39, 0.29) is 23.2 Å². The van der Waals surface area contributed by atoms with Crippen LogP contribution in [0.15, 0.2) is 18.2 Å². The summed E-state index contributed by atoms with van der Waals surface area (Å²) in [4.78, 5) is 4.22. The van der Waals surface area contributed by atoms with Crippen molar-refractivity contribution in [2.75, 3.05) is 5.32 Å². The Morgan fingerprint density at radius 2 is 2.00 bits per heavy atom. The SMILES string of the molecule is Cc1nc(N[C@H]2CC[C@]2(C)O)nnc1-c1ccc(C(F)(F)F)cc1O. The molecule has 2 aromatic rings. The summed E-state index contributed by atoms with van der Waals surface area (Å²) < 4.78 is 38.0. The van der Waals surface area contributed by atoms with Crippen LogP contribution in [0.3, 0.4) is 0 Å². The highest BCUT2D eigenvalue weighted by molar-refractivity contribution is 5.69. The number of rotatable bonds is 3. The summed E-state index contributed by atoms with van der Waals surface area (Å²) in [5.74, 6) is -0.325. The number of phenolic OH excluding ortho intramolecular Hbond substituents is 1. The number of nitrogens with one attached hydrogen (secondary N) is 1. The van der Waals surface area contributed by atoms with Gasteiger partial charge in [0.2, 0.25) is 5.95 Å². The number of halogens is 3. The molecule has 0 unspecified atom stereocenters. The highest BCUT2D eigenvalue weighted by atomic mass is 19.4. The number of aliphatic hydroxyl groups is 1. The molecule has 9 heteroatoms. The molecular formula is C16H17F3N4O2. The second-order valence-corrected chi connectivity index (χ2v) is 6.39. The maximum absolute atomic E-state index is 12.7. The van der Waals surface area contributed by atoms with Crippen LogP contribution in [0.2, 0.25) is 0 Å². The minimum atomic E-state index is -4.54. The summed E-state index contributed by atoms with van der Waals surface area (Å²) in [5, 5.41) is 30.8. The quantitative estimate of drug-likeness (QED) is 0.785. The number of aromatic hydroxyl groups is 1. The molecule has 0 spiro atoms. The van der Waals surface area contributed by atoms with Crippen LogP contribution < -0.4 is 5.32 Å². The molecule has 1 aliphatic rings. The molecule has 1 saturated carbocycles. The number of alkyl halides is 3. The number of nitrogens with zero attached hydrogens (tertiary/aromatic N) is 3. The van der Waals surface area contributed by atoms with Crippen molar-refractivity contribution in [1.29, 1.82) is 0 Å². The molecule has 6 nitrogen and oxygen atoms in total. The molecule has 2 atom stereocenters. The summed E-state index contributed by atoms with van der Waals surface area (Å²) in [7, 11) is 0. The van der Waals surface area contributed by atoms with Gasteiger partial charge in [0.15, 0.2) is 0 Å². The second-order valence-electron chi connectivity index (χ2n) is 6.39. The smallest absolute Gasteiger partial charge is 0.416 e. The second kappa shape index (κ2) is 5.83. The number of anilines is 1. The van der Waals surface area contributed by atoms with E-state index in [1.54, 1.807) is 13.8 Å². The van der Waals surface area contributed by atoms with Crippen molar-refractivity contribution in [2.24, 2.45) is 0 Å². The first kappa shape index (κ1) is 17.4. The highest BCUT2D eigenvalue weighted by Gasteiger charge is 2.41. The van der Waals surface area contributed by atoms with Crippen LogP contribution >= 0.6 is 0 Å². The van der Waals surface area contributed by atoms with E-state index in [4.69, 9.17) is 0 Å². The van der Waals surface area contributed by atoms with Crippen LogP contribution in [0.5, 0.6) is 5.75 Å². The zero-order valence-electron chi connectivity index (χ0n) is 13.6. The fourth-order valence-corrected chi connectivity index (χ4v) is 2.71. The molecule has 0 saturated heterocycles. The Kier molecular flexibility index (Phi) is 4.06. The first-order valence-corrected chi connectivity index (χ1v) is 7.69. The lowest BCUT2D eigenvalue weighted by molar-refractivity contribution is -0.137. The van der Waals surface area contributed by atoms with E-state index in [2.05, 4.69) is 20.5 Å². The van der Waals surface area contributed by atoms with Crippen LogP contribution in [0.1, 0.15) is 31.0 Å². The van der Waals surface area contributed by atoms with Gasteiger partial charge in [-0.3, -0.25) is 0 Å². The first-order valence-electron chi connectivity index (χ1n) is 7.69. The fourth-order valence-electron chi connectivity index (χ4n) is 2.71. The van der Waals surface area contributed by atoms with Gasteiger partial charge in [-0.25, -0.2) is 4.98 Å². The molecule has 0 aliphatic heterocycles. The number of phenols is 1.